The minimum Gasteiger partial charge on any atom is -0.325 e. The Kier molecular flexibility index (Phi) is 3.69. The van der Waals surface area contributed by atoms with E-state index in [9.17, 15) is 9.18 Å². The standard InChI is InChI=1S/C8H6BrClFNO/c9-6-3-5(1-2-7(6)11)12-8(13)4-10/h1-3H,4H2,(H,12,13). The van der Waals surface area contributed by atoms with E-state index in [1.165, 1.54) is 18.2 Å². The number of carbonyl (C=O) groups excluding carboxylic acids is 1. The van der Waals surface area contributed by atoms with E-state index in [2.05, 4.69) is 21.2 Å². The molecule has 0 aromatic heterocycles. The van der Waals surface area contributed by atoms with Gasteiger partial charge in [-0.15, -0.1) is 11.6 Å². The Bertz CT molecular complexity index is 332. The van der Waals surface area contributed by atoms with Crippen molar-refractivity contribution >= 4 is 39.1 Å². The zero-order valence-electron chi connectivity index (χ0n) is 6.48. The summed E-state index contributed by atoms with van der Waals surface area (Å²) < 4.78 is 13.0. The minimum absolute atomic E-state index is 0.116. The third-order valence-electron chi connectivity index (χ3n) is 1.32. The average Bonchev–Trinajstić information content (AvgIpc) is 2.11. The molecule has 1 amide bonds. The topological polar surface area (TPSA) is 29.1 Å². The Hall–Kier alpha value is -0.610. The molecule has 1 aromatic carbocycles. The van der Waals surface area contributed by atoms with Crippen LogP contribution >= 0.6 is 27.5 Å². The zero-order chi connectivity index (χ0) is 9.84. The molecule has 0 saturated heterocycles. The van der Waals surface area contributed by atoms with Gasteiger partial charge in [0, 0.05) is 5.69 Å². The summed E-state index contributed by atoms with van der Waals surface area (Å²) >= 11 is 8.27. The van der Waals surface area contributed by atoms with Gasteiger partial charge in [0.05, 0.1) is 4.47 Å². The van der Waals surface area contributed by atoms with E-state index in [1.807, 2.05) is 0 Å². The Labute approximate surface area is 88.2 Å². The molecular formula is C8H6BrClFNO. The largest absolute Gasteiger partial charge is 0.325 e. The first-order chi connectivity index (χ1) is 6.13. The number of benzene rings is 1. The molecular weight excluding hydrogens is 260 g/mol. The predicted molar refractivity (Wildman–Crippen MR) is 53.4 cm³/mol. The van der Waals surface area contributed by atoms with Gasteiger partial charge < -0.3 is 5.32 Å². The molecule has 70 valence electrons. The van der Waals surface area contributed by atoms with Gasteiger partial charge in [-0.25, -0.2) is 4.39 Å². The van der Waals surface area contributed by atoms with Crippen molar-refractivity contribution in [1.29, 1.82) is 0 Å². The number of carbonyl (C=O) groups is 1. The van der Waals surface area contributed by atoms with Crippen molar-refractivity contribution in [3.05, 3.63) is 28.5 Å². The van der Waals surface area contributed by atoms with Gasteiger partial charge in [-0.05, 0) is 34.1 Å². The van der Waals surface area contributed by atoms with Crippen LogP contribution in [0.5, 0.6) is 0 Å². The number of nitrogens with one attached hydrogen (secondary N) is 1. The normalized spacial score (nSPS) is 9.77. The molecule has 13 heavy (non-hydrogen) atoms. The van der Waals surface area contributed by atoms with E-state index >= 15 is 0 Å². The number of halogens is 3. The van der Waals surface area contributed by atoms with Crippen LogP contribution in [0.3, 0.4) is 0 Å². The molecule has 0 aliphatic carbocycles. The van der Waals surface area contributed by atoms with Crippen molar-refractivity contribution < 1.29 is 9.18 Å². The second-order valence-electron chi connectivity index (χ2n) is 2.31. The van der Waals surface area contributed by atoms with Crippen LogP contribution in [-0.2, 0) is 4.79 Å². The molecule has 2 nitrogen and oxygen atoms in total. The lowest BCUT2D eigenvalue weighted by atomic mass is 10.3. The maximum atomic E-state index is 12.7. The van der Waals surface area contributed by atoms with Gasteiger partial charge in [-0.3, -0.25) is 4.79 Å². The summed E-state index contributed by atoms with van der Waals surface area (Å²) in [5.41, 5.74) is 0.513. The summed E-state index contributed by atoms with van der Waals surface area (Å²) in [6.45, 7) is 0. The van der Waals surface area contributed by atoms with Gasteiger partial charge in [0.25, 0.3) is 0 Å². The molecule has 0 aliphatic rings. The monoisotopic (exact) mass is 265 g/mol. The second kappa shape index (κ2) is 4.58. The van der Waals surface area contributed by atoms with Crippen molar-refractivity contribution in [2.75, 3.05) is 11.2 Å². The van der Waals surface area contributed by atoms with Crippen molar-refractivity contribution in [3.63, 3.8) is 0 Å². The lowest BCUT2D eigenvalue weighted by Gasteiger charge is -2.03. The van der Waals surface area contributed by atoms with Crippen LogP contribution in [0.4, 0.5) is 10.1 Å². The highest BCUT2D eigenvalue weighted by molar-refractivity contribution is 9.10. The number of hydrogen-bond acceptors (Lipinski definition) is 1. The van der Waals surface area contributed by atoms with Gasteiger partial charge in [-0.1, -0.05) is 0 Å². The minimum atomic E-state index is -0.371. The third kappa shape index (κ3) is 2.97. The molecule has 0 fully saturated rings. The Morgan fingerprint density at radius 3 is 2.85 bits per heavy atom. The summed E-state index contributed by atoms with van der Waals surface area (Å²) in [6, 6.07) is 4.19. The van der Waals surface area contributed by atoms with Gasteiger partial charge in [0.1, 0.15) is 11.7 Å². The van der Waals surface area contributed by atoms with E-state index in [-0.39, 0.29) is 17.6 Å². The first-order valence-electron chi connectivity index (χ1n) is 3.44. The van der Waals surface area contributed by atoms with Crippen LogP contribution < -0.4 is 5.32 Å². The highest BCUT2D eigenvalue weighted by atomic mass is 79.9. The molecule has 1 aromatic rings. The van der Waals surface area contributed by atoms with Gasteiger partial charge in [0.15, 0.2) is 0 Å². The van der Waals surface area contributed by atoms with E-state index in [0.717, 1.165) is 0 Å². The number of amides is 1. The fourth-order valence-corrected chi connectivity index (χ4v) is 1.21. The van der Waals surface area contributed by atoms with Crippen LogP contribution in [0.2, 0.25) is 0 Å². The van der Waals surface area contributed by atoms with Crippen LogP contribution in [0.15, 0.2) is 22.7 Å². The van der Waals surface area contributed by atoms with E-state index in [4.69, 9.17) is 11.6 Å². The lowest BCUT2D eigenvalue weighted by Crippen LogP contribution is -2.12. The SMILES string of the molecule is O=C(CCl)Nc1ccc(F)c(Br)c1. The quantitative estimate of drug-likeness (QED) is 0.820. The molecule has 0 saturated carbocycles. The first kappa shape index (κ1) is 10.5. The van der Waals surface area contributed by atoms with Crippen molar-refractivity contribution in [2.24, 2.45) is 0 Å². The predicted octanol–water partition coefficient (Wildman–Crippen LogP) is 2.77. The van der Waals surface area contributed by atoms with Crippen LogP contribution in [0, 0.1) is 5.82 Å². The fraction of sp³-hybridized carbons (Fsp3) is 0.125. The van der Waals surface area contributed by atoms with Gasteiger partial charge >= 0.3 is 0 Å². The molecule has 0 spiro atoms. The molecule has 5 heteroatoms. The summed E-state index contributed by atoms with van der Waals surface area (Å²) in [7, 11) is 0. The summed E-state index contributed by atoms with van der Waals surface area (Å²) in [5.74, 6) is -0.807. The highest BCUT2D eigenvalue weighted by Gasteiger charge is 2.02. The third-order valence-corrected chi connectivity index (χ3v) is 2.18. The van der Waals surface area contributed by atoms with Crippen LogP contribution in [-0.4, -0.2) is 11.8 Å². The van der Waals surface area contributed by atoms with Gasteiger partial charge in [0.2, 0.25) is 5.91 Å². The van der Waals surface area contributed by atoms with E-state index < -0.39 is 0 Å². The molecule has 0 unspecified atom stereocenters. The molecule has 0 bridgehead atoms. The number of alkyl halides is 1. The van der Waals surface area contributed by atoms with Gasteiger partial charge in [-0.2, -0.15) is 0 Å². The van der Waals surface area contributed by atoms with E-state index in [1.54, 1.807) is 0 Å². The Balaban J connectivity index is 2.79. The molecule has 0 radical (unpaired) electrons. The summed E-state index contributed by atoms with van der Waals surface area (Å²) in [4.78, 5) is 10.8. The fourth-order valence-electron chi connectivity index (χ4n) is 0.768. The zero-order valence-corrected chi connectivity index (χ0v) is 8.82. The first-order valence-corrected chi connectivity index (χ1v) is 4.77. The smallest absolute Gasteiger partial charge is 0.239 e. The molecule has 1 rings (SSSR count). The molecule has 0 aliphatic heterocycles. The average molecular weight is 266 g/mol. The number of hydrogen-bond donors (Lipinski definition) is 1. The maximum Gasteiger partial charge on any atom is 0.239 e. The molecule has 1 N–H and O–H groups in total. The lowest BCUT2D eigenvalue weighted by molar-refractivity contribution is -0.113. The number of rotatable bonds is 2. The highest BCUT2D eigenvalue weighted by Crippen LogP contribution is 2.19. The summed E-state index contributed by atoms with van der Waals surface area (Å²) in [5, 5.41) is 2.49. The Morgan fingerprint density at radius 1 is 1.62 bits per heavy atom. The number of anilines is 1. The van der Waals surface area contributed by atoms with Crippen molar-refractivity contribution in [1.82, 2.24) is 0 Å². The van der Waals surface area contributed by atoms with Crippen LogP contribution in [0.25, 0.3) is 0 Å². The second-order valence-corrected chi connectivity index (χ2v) is 3.43. The van der Waals surface area contributed by atoms with E-state index in [0.29, 0.717) is 10.2 Å². The molecule has 0 atom stereocenters. The van der Waals surface area contributed by atoms with Crippen molar-refractivity contribution in [2.45, 2.75) is 0 Å². The molecule has 0 heterocycles. The summed E-state index contributed by atoms with van der Waals surface area (Å²) in [6.07, 6.45) is 0. The Morgan fingerprint density at radius 2 is 2.31 bits per heavy atom. The van der Waals surface area contributed by atoms with Crippen molar-refractivity contribution in [3.8, 4) is 0 Å². The van der Waals surface area contributed by atoms with Crippen LogP contribution in [0.1, 0.15) is 0 Å². The maximum absolute atomic E-state index is 12.7.